The van der Waals surface area contributed by atoms with Crippen molar-refractivity contribution in [1.29, 1.82) is 0 Å². The topological polar surface area (TPSA) is 107 Å². The fourth-order valence-electron chi connectivity index (χ4n) is 5.71. The number of benzene rings is 2. The van der Waals surface area contributed by atoms with Gasteiger partial charge in [0.15, 0.2) is 0 Å². The Hall–Kier alpha value is -4.40. The molecule has 0 spiro atoms. The Labute approximate surface area is 239 Å². The minimum atomic E-state index is -0.843. The van der Waals surface area contributed by atoms with Gasteiger partial charge in [0.25, 0.3) is 0 Å². The summed E-state index contributed by atoms with van der Waals surface area (Å²) in [7, 11) is 0. The number of fused-ring (bicyclic) bond motifs is 2. The maximum absolute atomic E-state index is 11.2. The van der Waals surface area contributed by atoms with E-state index >= 15 is 0 Å². The Morgan fingerprint density at radius 2 is 1.76 bits per heavy atom. The number of aromatic nitrogens is 4. The number of H-pyrrole nitrogens is 1. The molecule has 3 aromatic heterocycles. The average molecular weight is 547 g/mol. The molecule has 0 saturated heterocycles. The van der Waals surface area contributed by atoms with Gasteiger partial charge in [0.1, 0.15) is 5.82 Å². The maximum atomic E-state index is 11.2. The van der Waals surface area contributed by atoms with Gasteiger partial charge in [-0.3, -0.25) is 19.7 Å². The van der Waals surface area contributed by atoms with Gasteiger partial charge in [-0.2, -0.15) is 0 Å². The van der Waals surface area contributed by atoms with E-state index in [1.165, 1.54) is 16.7 Å². The molecule has 0 amide bonds. The summed E-state index contributed by atoms with van der Waals surface area (Å²) in [6, 6.07) is 24.8. The van der Waals surface area contributed by atoms with Crippen LogP contribution in [-0.2, 0) is 43.8 Å². The van der Waals surface area contributed by atoms with Crippen LogP contribution in [0, 0.1) is 0 Å². The lowest BCUT2D eigenvalue weighted by atomic mass is 9.90. The molecule has 1 atom stereocenters. The highest BCUT2D eigenvalue weighted by Crippen LogP contribution is 2.34. The Bertz CT molecular complexity index is 1620. The third kappa shape index (κ3) is 6.67. The zero-order valence-electron chi connectivity index (χ0n) is 23.0. The standard InChI is InChI=1S/C33H34N6O2/c40-32(41)18-25-13-14-28-29(17-25)38-31(37-28)22-39(30-8-3-5-26-6-4-16-36-33(26)30)21-24-11-9-23(10-12-24)19-34-20-27-7-1-2-15-35-27/h1-2,4,6-7,9-17,30,34H,3,5,8,18-22H2,(H,37,38)(H,40,41). The van der Waals surface area contributed by atoms with Crippen LogP contribution in [0.2, 0.25) is 0 Å². The van der Waals surface area contributed by atoms with Gasteiger partial charge in [0, 0.05) is 32.0 Å². The highest BCUT2D eigenvalue weighted by molar-refractivity contribution is 5.78. The summed E-state index contributed by atoms with van der Waals surface area (Å²) in [5, 5.41) is 12.7. The normalized spacial score (nSPS) is 14.8. The third-order valence-electron chi connectivity index (χ3n) is 7.68. The van der Waals surface area contributed by atoms with Crippen molar-refractivity contribution in [2.24, 2.45) is 0 Å². The summed E-state index contributed by atoms with van der Waals surface area (Å²) < 4.78 is 0. The van der Waals surface area contributed by atoms with Crippen LogP contribution in [0.25, 0.3) is 11.0 Å². The number of carboxylic acids is 1. The molecule has 0 radical (unpaired) electrons. The summed E-state index contributed by atoms with van der Waals surface area (Å²) in [6.07, 6.45) is 6.93. The Balaban J connectivity index is 1.20. The van der Waals surface area contributed by atoms with Crippen LogP contribution in [0.15, 0.2) is 85.2 Å². The van der Waals surface area contributed by atoms with Gasteiger partial charge in [-0.1, -0.05) is 42.5 Å². The molecule has 3 heterocycles. The minimum absolute atomic E-state index is 0.0105. The monoisotopic (exact) mass is 546 g/mol. The van der Waals surface area contributed by atoms with Gasteiger partial charge in [0.2, 0.25) is 0 Å². The lowest BCUT2D eigenvalue weighted by molar-refractivity contribution is -0.136. The second-order valence-electron chi connectivity index (χ2n) is 10.7. The molecule has 1 aliphatic carbocycles. The van der Waals surface area contributed by atoms with E-state index in [0.717, 1.165) is 72.7 Å². The molecule has 0 aliphatic heterocycles. The van der Waals surface area contributed by atoms with Gasteiger partial charge in [-0.05, 0) is 71.8 Å². The smallest absolute Gasteiger partial charge is 0.307 e. The first kappa shape index (κ1) is 26.8. The summed E-state index contributed by atoms with van der Waals surface area (Å²) >= 11 is 0. The molecule has 2 aromatic carbocycles. The van der Waals surface area contributed by atoms with Crippen molar-refractivity contribution in [3.05, 3.63) is 125 Å². The zero-order valence-corrected chi connectivity index (χ0v) is 23.0. The number of nitrogens with one attached hydrogen (secondary N) is 2. The van der Waals surface area contributed by atoms with E-state index < -0.39 is 5.97 Å². The van der Waals surface area contributed by atoms with Crippen molar-refractivity contribution in [3.63, 3.8) is 0 Å². The molecule has 0 saturated carbocycles. The molecule has 208 valence electrons. The fraction of sp³-hybridized carbons (Fsp3) is 0.273. The first-order chi connectivity index (χ1) is 20.1. The van der Waals surface area contributed by atoms with Crippen LogP contribution < -0.4 is 5.32 Å². The number of aryl methyl sites for hydroxylation is 1. The van der Waals surface area contributed by atoms with Crippen LogP contribution in [-0.4, -0.2) is 35.9 Å². The Kier molecular flexibility index (Phi) is 8.11. The number of hydrogen-bond donors (Lipinski definition) is 3. The number of aliphatic carboxylic acids is 1. The van der Waals surface area contributed by atoms with Crippen molar-refractivity contribution >= 4 is 17.0 Å². The van der Waals surface area contributed by atoms with Crippen molar-refractivity contribution in [1.82, 2.24) is 30.2 Å². The summed E-state index contributed by atoms with van der Waals surface area (Å²) in [4.78, 5) is 31.2. The van der Waals surface area contributed by atoms with Crippen LogP contribution in [0.5, 0.6) is 0 Å². The maximum Gasteiger partial charge on any atom is 0.307 e. The minimum Gasteiger partial charge on any atom is -0.481 e. The molecule has 0 fully saturated rings. The molecule has 6 rings (SSSR count). The van der Waals surface area contributed by atoms with E-state index in [9.17, 15) is 9.90 Å². The molecule has 5 aromatic rings. The van der Waals surface area contributed by atoms with Crippen LogP contribution in [0.1, 0.15) is 58.3 Å². The third-order valence-corrected chi connectivity index (χ3v) is 7.68. The number of aromatic amines is 1. The average Bonchev–Trinajstić information content (AvgIpc) is 3.39. The van der Waals surface area contributed by atoms with E-state index in [0.29, 0.717) is 6.54 Å². The fourth-order valence-corrected chi connectivity index (χ4v) is 5.71. The van der Waals surface area contributed by atoms with Crippen LogP contribution in [0.4, 0.5) is 0 Å². The molecular formula is C33H34N6O2. The number of carbonyl (C=O) groups is 1. The van der Waals surface area contributed by atoms with E-state index in [-0.39, 0.29) is 12.5 Å². The number of pyridine rings is 2. The number of hydrogen-bond acceptors (Lipinski definition) is 6. The zero-order chi connectivity index (χ0) is 28.0. The highest BCUT2D eigenvalue weighted by atomic mass is 16.4. The molecule has 3 N–H and O–H groups in total. The number of carboxylic acid groups (broad SMARTS) is 1. The van der Waals surface area contributed by atoms with Gasteiger partial charge in [-0.25, -0.2) is 4.98 Å². The summed E-state index contributed by atoms with van der Waals surface area (Å²) in [5.74, 6) is 0.0237. The predicted octanol–water partition coefficient (Wildman–Crippen LogP) is 5.35. The number of nitrogens with zero attached hydrogens (tertiary/aromatic N) is 4. The second-order valence-corrected chi connectivity index (χ2v) is 10.7. The van der Waals surface area contributed by atoms with Crippen molar-refractivity contribution in [2.45, 2.75) is 57.9 Å². The van der Waals surface area contributed by atoms with E-state index in [1.54, 1.807) is 0 Å². The molecule has 8 nitrogen and oxygen atoms in total. The molecule has 0 bridgehead atoms. The van der Waals surface area contributed by atoms with Crippen LogP contribution >= 0.6 is 0 Å². The molecule has 8 heteroatoms. The largest absolute Gasteiger partial charge is 0.481 e. The first-order valence-corrected chi connectivity index (χ1v) is 14.2. The summed E-state index contributed by atoms with van der Waals surface area (Å²) in [6.45, 7) is 2.92. The van der Waals surface area contributed by atoms with Crippen molar-refractivity contribution in [2.75, 3.05) is 0 Å². The lowest BCUT2D eigenvalue weighted by Crippen LogP contribution is -2.31. The van der Waals surface area contributed by atoms with Crippen molar-refractivity contribution in [3.8, 4) is 0 Å². The van der Waals surface area contributed by atoms with Crippen molar-refractivity contribution < 1.29 is 9.90 Å². The lowest BCUT2D eigenvalue weighted by Gasteiger charge is -2.34. The molecule has 41 heavy (non-hydrogen) atoms. The molecule has 1 aliphatic rings. The Morgan fingerprint density at radius 3 is 2.59 bits per heavy atom. The van der Waals surface area contributed by atoms with Crippen LogP contribution in [0.3, 0.4) is 0 Å². The molecule has 1 unspecified atom stereocenters. The van der Waals surface area contributed by atoms with Gasteiger partial charge in [-0.15, -0.1) is 0 Å². The van der Waals surface area contributed by atoms with E-state index in [1.807, 2.05) is 54.9 Å². The summed E-state index contributed by atoms with van der Waals surface area (Å²) in [5.41, 5.74) is 8.45. The van der Waals surface area contributed by atoms with Gasteiger partial charge >= 0.3 is 5.97 Å². The van der Waals surface area contributed by atoms with E-state index in [2.05, 4.69) is 50.5 Å². The highest BCUT2D eigenvalue weighted by Gasteiger charge is 2.28. The van der Waals surface area contributed by atoms with Gasteiger partial charge in [0.05, 0.1) is 41.4 Å². The Morgan fingerprint density at radius 1 is 0.927 bits per heavy atom. The predicted molar refractivity (Wildman–Crippen MR) is 158 cm³/mol. The number of rotatable bonds is 11. The second kappa shape index (κ2) is 12.4. The quantitative estimate of drug-likeness (QED) is 0.205. The first-order valence-electron chi connectivity index (χ1n) is 14.2. The number of imidazole rings is 1. The van der Waals surface area contributed by atoms with E-state index in [4.69, 9.17) is 9.97 Å². The van der Waals surface area contributed by atoms with Gasteiger partial charge < -0.3 is 15.4 Å². The molecular weight excluding hydrogens is 512 g/mol. The SMILES string of the molecule is O=C(O)Cc1ccc2[nH]c(CN(Cc3ccc(CNCc4ccccn4)cc3)C3CCCc4cccnc43)nc2c1.